The van der Waals surface area contributed by atoms with Gasteiger partial charge in [-0.1, -0.05) is 0 Å². The number of fused-ring (bicyclic) bond motifs is 1. The highest BCUT2D eigenvalue weighted by Gasteiger charge is 2.08. The average molecular weight is 453 g/mol. The molecule has 8 nitrogen and oxygen atoms in total. The maximum atomic E-state index is 11.8. The van der Waals surface area contributed by atoms with Crippen LogP contribution in [0.4, 0.5) is 28.4 Å². The average Bonchev–Trinajstić information content (AvgIpc) is 3.25. The summed E-state index contributed by atoms with van der Waals surface area (Å²) in [5, 5.41) is 2.77. The summed E-state index contributed by atoms with van der Waals surface area (Å²) in [4.78, 5) is 16.2. The summed E-state index contributed by atoms with van der Waals surface area (Å²) in [6, 6.07) is 26.5. The molecule has 0 unspecified atom stereocenters. The zero-order valence-electron chi connectivity index (χ0n) is 18.2. The van der Waals surface area contributed by atoms with Gasteiger partial charge in [0.15, 0.2) is 5.58 Å². The second-order valence-electron chi connectivity index (χ2n) is 7.57. The number of carbonyl (C=O) groups is 1. The van der Waals surface area contributed by atoms with Gasteiger partial charge in [0.2, 0.25) is 5.89 Å². The molecule has 1 heterocycles. The van der Waals surface area contributed by atoms with Crippen molar-refractivity contribution in [2.75, 3.05) is 28.3 Å². The highest BCUT2D eigenvalue weighted by Crippen LogP contribution is 2.25. The Bertz CT molecular complexity index is 1410. The molecule has 0 saturated heterocycles. The molecule has 0 radical (unpaired) electrons. The molecule has 0 aliphatic rings. The van der Waals surface area contributed by atoms with Gasteiger partial charge in [-0.3, -0.25) is 4.79 Å². The molecular formula is C26H24N6O2. The molecule has 0 bridgehead atoms. The fourth-order valence-corrected chi connectivity index (χ4v) is 3.10. The summed E-state index contributed by atoms with van der Waals surface area (Å²) >= 11 is 0. The Labute approximate surface area is 196 Å². The Balaban J connectivity index is 0.000000161. The molecule has 0 aliphatic heterocycles. The quantitative estimate of drug-likeness (QED) is 0.247. The third-order valence-corrected chi connectivity index (χ3v) is 4.91. The molecule has 1 amide bonds. The first-order valence-electron chi connectivity index (χ1n) is 10.4. The van der Waals surface area contributed by atoms with Crippen LogP contribution in [0.1, 0.15) is 10.4 Å². The topological polar surface area (TPSA) is 159 Å². The van der Waals surface area contributed by atoms with Crippen LogP contribution in [0.3, 0.4) is 0 Å². The van der Waals surface area contributed by atoms with E-state index in [9.17, 15) is 4.79 Å². The molecule has 8 heteroatoms. The zero-order chi connectivity index (χ0) is 24.1. The van der Waals surface area contributed by atoms with Crippen molar-refractivity contribution in [2.24, 2.45) is 0 Å². The first-order valence-corrected chi connectivity index (χ1v) is 10.4. The Morgan fingerprint density at radius 3 is 1.82 bits per heavy atom. The van der Waals surface area contributed by atoms with Crippen LogP contribution >= 0.6 is 0 Å². The third kappa shape index (κ3) is 5.43. The molecule has 0 atom stereocenters. The summed E-state index contributed by atoms with van der Waals surface area (Å²) in [6.07, 6.45) is 0. The van der Waals surface area contributed by atoms with Gasteiger partial charge in [-0.25, -0.2) is 4.98 Å². The summed E-state index contributed by atoms with van der Waals surface area (Å²) in [5.74, 6) is 0.403. The van der Waals surface area contributed by atoms with Gasteiger partial charge in [-0.05, 0) is 91.0 Å². The minimum atomic E-state index is -0.172. The summed E-state index contributed by atoms with van der Waals surface area (Å²) in [7, 11) is 0. The smallest absolute Gasteiger partial charge is 0.255 e. The normalized spacial score (nSPS) is 10.4. The molecule has 170 valence electrons. The number of nitrogens with one attached hydrogen (secondary N) is 1. The predicted octanol–water partition coefficient (Wildman–Crippen LogP) is 4.76. The van der Waals surface area contributed by atoms with Gasteiger partial charge in [0.05, 0.1) is 0 Å². The molecule has 0 aliphatic carbocycles. The lowest BCUT2D eigenvalue weighted by atomic mass is 10.2. The van der Waals surface area contributed by atoms with Crippen molar-refractivity contribution in [3.05, 3.63) is 96.6 Å². The summed E-state index contributed by atoms with van der Waals surface area (Å²) in [6.45, 7) is 0. The van der Waals surface area contributed by atoms with Crippen molar-refractivity contribution in [1.82, 2.24) is 4.98 Å². The second kappa shape index (κ2) is 9.66. The van der Waals surface area contributed by atoms with Gasteiger partial charge in [0, 0.05) is 39.6 Å². The van der Waals surface area contributed by atoms with Gasteiger partial charge in [0.1, 0.15) is 5.52 Å². The van der Waals surface area contributed by atoms with E-state index in [1.54, 1.807) is 60.7 Å². The Morgan fingerprint density at radius 1 is 0.676 bits per heavy atom. The number of oxazole rings is 1. The lowest BCUT2D eigenvalue weighted by Gasteiger charge is -2.05. The molecule has 5 aromatic rings. The number of hydrogen-bond donors (Lipinski definition) is 5. The Morgan fingerprint density at radius 2 is 1.21 bits per heavy atom. The summed E-state index contributed by atoms with van der Waals surface area (Å²) in [5.41, 5.74) is 28.8. The van der Waals surface area contributed by atoms with Crippen LogP contribution < -0.4 is 28.3 Å². The second-order valence-corrected chi connectivity index (χ2v) is 7.57. The van der Waals surface area contributed by atoms with Crippen molar-refractivity contribution in [3.8, 4) is 11.5 Å². The standard InChI is InChI=1S/C13H11N3O.C13H13N3O/c14-9-3-1-8(2-4-9)13-16-11-7-10(15)5-6-12(11)17-13;14-10-3-1-9(2-4-10)13(17)16-12-7-5-11(15)6-8-12/h1-7H,14-15H2;1-8H,14-15H2,(H,16,17). The van der Waals surface area contributed by atoms with Gasteiger partial charge in [-0.15, -0.1) is 0 Å². The molecule has 0 fully saturated rings. The molecular weight excluding hydrogens is 428 g/mol. The third-order valence-electron chi connectivity index (χ3n) is 4.91. The summed E-state index contributed by atoms with van der Waals surface area (Å²) < 4.78 is 5.64. The number of anilines is 5. The number of benzene rings is 4. The number of amides is 1. The van der Waals surface area contributed by atoms with Crippen molar-refractivity contribution in [1.29, 1.82) is 0 Å². The van der Waals surface area contributed by atoms with E-state index in [0.717, 1.165) is 16.7 Å². The van der Waals surface area contributed by atoms with Gasteiger partial charge >= 0.3 is 0 Å². The molecule has 34 heavy (non-hydrogen) atoms. The van der Waals surface area contributed by atoms with E-state index in [4.69, 9.17) is 27.4 Å². The van der Waals surface area contributed by atoms with Crippen LogP contribution in [-0.2, 0) is 0 Å². The first-order chi connectivity index (χ1) is 16.4. The largest absolute Gasteiger partial charge is 0.436 e. The molecule has 0 saturated carbocycles. The number of hydrogen-bond acceptors (Lipinski definition) is 7. The van der Waals surface area contributed by atoms with Gasteiger partial charge in [0.25, 0.3) is 5.91 Å². The van der Waals surface area contributed by atoms with Crippen molar-refractivity contribution in [3.63, 3.8) is 0 Å². The van der Waals surface area contributed by atoms with E-state index in [1.807, 2.05) is 30.3 Å². The number of carbonyl (C=O) groups excluding carboxylic acids is 1. The van der Waals surface area contributed by atoms with Crippen molar-refractivity contribution < 1.29 is 9.21 Å². The highest BCUT2D eigenvalue weighted by molar-refractivity contribution is 6.04. The highest BCUT2D eigenvalue weighted by atomic mass is 16.3. The molecule has 0 spiro atoms. The monoisotopic (exact) mass is 452 g/mol. The molecule has 5 rings (SSSR count). The number of rotatable bonds is 3. The SMILES string of the molecule is Nc1ccc(-c2nc3cc(N)ccc3o2)cc1.Nc1ccc(NC(=O)c2ccc(N)cc2)cc1. The van der Waals surface area contributed by atoms with Gasteiger partial charge in [-0.2, -0.15) is 0 Å². The number of aromatic nitrogens is 1. The van der Waals surface area contributed by atoms with E-state index >= 15 is 0 Å². The number of nitrogens with two attached hydrogens (primary N) is 4. The number of nitrogens with zero attached hydrogens (tertiary/aromatic N) is 1. The van der Waals surface area contributed by atoms with Crippen LogP contribution in [0.15, 0.2) is 95.4 Å². The van der Waals surface area contributed by atoms with E-state index in [1.165, 1.54) is 0 Å². The lowest BCUT2D eigenvalue weighted by molar-refractivity contribution is 0.102. The van der Waals surface area contributed by atoms with Crippen molar-refractivity contribution >= 4 is 45.4 Å². The Hall–Kier alpha value is -4.98. The molecule has 1 aromatic heterocycles. The van der Waals surface area contributed by atoms with E-state index in [2.05, 4.69) is 10.3 Å². The minimum Gasteiger partial charge on any atom is -0.436 e. The Kier molecular flexibility index (Phi) is 6.31. The van der Waals surface area contributed by atoms with Gasteiger partial charge < -0.3 is 32.7 Å². The van der Waals surface area contributed by atoms with Crippen molar-refractivity contribution in [2.45, 2.75) is 0 Å². The fourth-order valence-electron chi connectivity index (χ4n) is 3.10. The van der Waals surface area contributed by atoms with E-state index in [0.29, 0.717) is 39.9 Å². The van der Waals surface area contributed by atoms with Crippen LogP contribution in [0.5, 0.6) is 0 Å². The van der Waals surface area contributed by atoms with E-state index < -0.39 is 0 Å². The predicted molar refractivity (Wildman–Crippen MR) is 138 cm³/mol. The maximum Gasteiger partial charge on any atom is 0.255 e. The lowest BCUT2D eigenvalue weighted by Crippen LogP contribution is -2.11. The van der Waals surface area contributed by atoms with Crippen LogP contribution in [0.25, 0.3) is 22.6 Å². The first kappa shape index (κ1) is 22.2. The fraction of sp³-hybridized carbons (Fsp3) is 0. The zero-order valence-corrected chi connectivity index (χ0v) is 18.2. The van der Waals surface area contributed by atoms with Crippen LogP contribution in [0, 0.1) is 0 Å². The molecule has 4 aromatic carbocycles. The number of nitrogen functional groups attached to an aromatic ring is 4. The maximum absolute atomic E-state index is 11.8. The van der Waals surface area contributed by atoms with Crippen LogP contribution in [0.2, 0.25) is 0 Å². The van der Waals surface area contributed by atoms with E-state index in [-0.39, 0.29) is 5.91 Å². The minimum absolute atomic E-state index is 0.172. The van der Waals surface area contributed by atoms with Crippen LogP contribution in [-0.4, -0.2) is 10.9 Å². The molecule has 9 N–H and O–H groups in total.